The summed E-state index contributed by atoms with van der Waals surface area (Å²) in [6.45, 7) is 4.08. The van der Waals surface area contributed by atoms with E-state index in [4.69, 9.17) is 9.47 Å². The number of hydrogen-bond donors (Lipinski definition) is 3. The van der Waals surface area contributed by atoms with Crippen molar-refractivity contribution in [3.63, 3.8) is 0 Å². The van der Waals surface area contributed by atoms with E-state index in [0.29, 0.717) is 50.7 Å². The minimum absolute atomic E-state index is 0.241. The summed E-state index contributed by atoms with van der Waals surface area (Å²) in [4.78, 5) is 43.9. The zero-order chi connectivity index (χ0) is 32.2. The van der Waals surface area contributed by atoms with Crippen LogP contribution in [0.4, 0.5) is 22.7 Å². The first-order valence-electron chi connectivity index (χ1n) is 15.0. The van der Waals surface area contributed by atoms with E-state index in [9.17, 15) is 14.4 Å². The Labute approximate surface area is 267 Å². The lowest BCUT2D eigenvalue weighted by Crippen LogP contribution is -2.44. The summed E-state index contributed by atoms with van der Waals surface area (Å²) in [6.07, 6.45) is 1.69. The maximum Gasteiger partial charge on any atom is 0.257 e. The van der Waals surface area contributed by atoms with E-state index >= 15 is 0 Å². The van der Waals surface area contributed by atoms with Gasteiger partial charge in [0, 0.05) is 77.4 Å². The molecule has 1 saturated heterocycles. The van der Waals surface area contributed by atoms with Crippen LogP contribution in [0.2, 0.25) is 0 Å². The Morgan fingerprint density at radius 3 is 2.24 bits per heavy atom. The van der Waals surface area contributed by atoms with Crippen LogP contribution in [0, 0.1) is 0 Å². The van der Waals surface area contributed by atoms with Gasteiger partial charge in [0.05, 0.1) is 19.8 Å². The number of nitrogens with zero attached hydrogens (tertiary/aromatic N) is 2. The average molecular weight is 618 g/mol. The van der Waals surface area contributed by atoms with Crippen LogP contribution in [0.15, 0.2) is 91.1 Å². The van der Waals surface area contributed by atoms with Crippen LogP contribution in [0.25, 0.3) is 5.57 Å². The minimum atomic E-state index is -0.357. The highest BCUT2D eigenvalue weighted by molar-refractivity contribution is 6.32. The van der Waals surface area contributed by atoms with Gasteiger partial charge in [-0.25, -0.2) is 0 Å². The molecule has 0 spiro atoms. The van der Waals surface area contributed by atoms with Gasteiger partial charge in [-0.2, -0.15) is 0 Å². The summed E-state index contributed by atoms with van der Waals surface area (Å²) in [6, 6.07) is 24.9. The molecule has 2 amide bonds. The van der Waals surface area contributed by atoms with Crippen molar-refractivity contribution >= 4 is 45.9 Å². The molecule has 0 radical (unpaired) electrons. The molecular weight excluding hydrogens is 582 g/mol. The number of hydrogen-bond acceptors (Lipinski definition) is 8. The number of carbonyl (C=O) groups excluding carboxylic acids is 3. The third-order valence-corrected chi connectivity index (χ3v) is 8.21. The quantitative estimate of drug-likeness (QED) is 0.170. The first-order valence-corrected chi connectivity index (χ1v) is 15.0. The van der Waals surface area contributed by atoms with E-state index in [1.54, 1.807) is 66.9 Å². The first kappa shape index (κ1) is 30.4. The highest BCUT2D eigenvalue weighted by atomic mass is 16.5. The van der Waals surface area contributed by atoms with Crippen molar-refractivity contribution in [3.05, 3.63) is 113 Å². The second-order valence-electron chi connectivity index (χ2n) is 11.2. The number of anilines is 4. The molecule has 1 fully saturated rings. The van der Waals surface area contributed by atoms with E-state index in [2.05, 4.69) is 44.9 Å². The summed E-state index contributed by atoms with van der Waals surface area (Å²) < 4.78 is 10.5. The first-order chi connectivity index (χ1) is 22.3. The predicted molar refractivity (Wildman–Crippen MR) is 180 cm³/mol. The highest BCUT2D eigenvalue weighted by Gasteiger charge is 2.25. The summed E-state index contributed by atoms with van der Waals surface area (Å²) in [5, 5.41) is 8.95. The molecule has 4 aromatic rings. The zero-order valence-corrected chi connectivity index (χ0v) is 25.9. The van der Waals surface area contributed by atoms with Crippen molar-refractivity contribution < 1.29 is 23.9 Å². The van der Waals surface area contributed by atoms with Gasteiger partial charge in [0.15, 0.2) is 17.3 Å². The summed E-state index contributed by atoms with van der Waals surface area (Å²) in [7, 11) is 5.17. The van der Waals surface area contributed by atoms with Gasteiger partial charge in [-0.05, 0) is 67.7 Å². The molecule has 46 heavy (non-hydrogen) atoms. The molecule has 3 N–H and O–H groups in total. The molecular formula is C36H35N5O5. The normalized spacial score (nSPS) is 15.2. The highest BCUT2D eigenvalue weighted by Crippen LogP contribution is 2.34. The molecule has 10 nitrogen and oxygen atoms in total. The van der Waals surface area contributed by atoms with Crippen LogP contribution >= 0.6 is 0 Å². The number of methoxy groups -OCH3 is 2. The van der Waals surface area contributed by atoms with Crippen LogP contribution in [0.3, 0.4) is 0 Å². The van der Waals surface area contributed by atoms with Crippen molar-refractivity contribution in [2.45, 2.75) is 0 Å². The number of amides is 2. The van der Waals surface area contributed by atoms with Crippen LogP contribution in [-0.2, 0) is 4.79 Å². The van der Waals surface area contributed by atoms with Gasteiger partial charge in [-0.1, -0.05) is 24.3 Å². The molecule has 0 atom stereocenters. The molecule has 234 valence electrons. The maximum atomic E-state index is 13.5. The van der Waals surface area contributed by atoms with E-state index in [-0.39, 0.29) is 17.6 Å². The number of ketones is 1. The minimum Gasteiger partial charge on any atom is -0.493 e. The van der Waals surface area contributed by atoms with Gasteiger partial charge in [0.2, 0.25) is 0 Å². The molecule has 0 aromatic heterocycles. The molecule has 2 heterocycles. The molecule has 0 unspecified atom stereocenters. The fourth-order valence-corrected chi connectivity index (χ4v) is 5.55. The van der Waals surface area contributed by atoms with Crippen molar-refractivity contribution in [2.24, 2.45) is 0 Å². The SMILES string of the molecule is COc1ccc(C(=O)Nc2cccc(C(=O)c3ccc4c(c3)NC(=O)C4=CNc3ccc(N4CCN(C)CC4)cc3)c2)cc1OC. The van der Waals surface area contributed by atoms with Gasteiger partial charge in [0.1, 0.15) is 0 Å². The number of benzene rings is 4. The molecule has 6 rings (SSSR count). The third kappa shape index (κ3) is 6.43. The van der Waals surface area contributed by atoms with E-state index < -0.39 is 0 Å². The molecule has 0 saturated carbocycles. The van der Waals surface area contributed by atoms with Gasteiger partial charge < -0.3 is 35.2 Å². The number of likely N-dealkylation sites (N-methyl/N-ethyl adjacent to an activating group) is 1. The van der Waals surface area contributed by atoms with Gasteiger partial charge in [-0.3, -0.25) is 14.4 Å². The lowest BCUT2D eigenvalue weighted by molar-refractivity contribution is -0.110. The molecule has 0 bridgehead atoms. The Hall–Kier alpha value is -5.61. The van der Waals surface area contributed by atoms with Gasteiger partial charge >= 0.3 is 0 Å². The topological polar surface area (TPSA) is 112 Å². The lowest BCUT2D eigenvalue weighted by atomic mass is 9.99. The predicted octanol–water partition coefficient (Wildman–Crippen LogP) is 5.34. The fourth-order valence-electron chi connectivity index (χ4n) is 5.55. The molecule has 2 aliphatic heterocycles. The third-order valence-electron chi connectivity index (χ3n) is 8.21. The smallest absolute Gasteiger partial charge is 0.257 e. The van der Waals surface area contributed by atoms with Crippen LogP contribution in [0.5, 0.6) is 11.5 Å². The number of nitrogens with one attached hydrogen (secondary N) is 3. The largest absolute Gasteiger partial charge is 0.493 e. The lowest BCUT2D eigenvalue weighted by Gasteiger charge is -2.34. The van der Waals surface area contributed by atoms with Crippen molar-refractivity contribution in [2.75, 3.05) is 68.3 Å². The number of piperazine rings is 1. The number of ether oxygens (including phenoxy) is 2. The Morgan fingerprint density at radius 1 is 0.783 bits per heavy atom. The second-order valence-corrected chi connectivity index (χ2v) is 11.2. The summed E-state index contributed by atoms with van der Waals surface area (Å²) >= 11 is 0. The maximum absolute atomic E-state index is 13.5. The molecule has 4 aromatic carbocycles. The Kier molecular flexibility index (Phi) is 8.71. The van der Waals surface area contributed by atoms with Gasteiger partial charge in [0.25, 0.3) is 11.8 Å². The number of rotatable bonds is 9. The van der Waals surface area contributed by atoms with E-state index in [0.717, 1.165) is 31.9 Å². The Balaban J connectivity index is 1.13. The fraction of sp³-hybridized carbons (Fsp3) is 0.194. The van der Waals surface area contributed by atoms with Gasteiger partial charge in [-0.15, -0.1) is 0 Å². The Bertz CT molecular complexity index is 1830. The van der Waals surface area contributed by atoms with Crippen molar-refractivity contribution in [3.8, 4) is 11.5 Å². The standard InChI is InChI=1S/C36H35N5O5/c1-40-15-17-41(18-16-40)28-11-9-26(10-12-28)37-22-30-29-13-7-24(20-31(29)39-36(30)44)34(42)23-5-4-6-27(19-23)38-35(43)25-8-14-32(45-2)33(21-25)46-3/h4-14,19-22,37H,15-18H2,1-3H3,(H,38,43)(H,39,44). The summed E-state index contributed by atoms with van der Waals surface area (Å²) in [5.74, 6) is 0.107. The van der Waals surface area contributed by atoms with Crippen molar-refractivity contribution in [1.82, 2.24) is 4.90 Å². The van der Waals surface area contributed by atoms with Crippen molar-refractivity contribution in [1.29, 1.82) is 0 Å². The second kappa shape index (κ2) is 13.2. The number of carbonyl (C=O) groups is 3. The molecule has 0 aliphatic carbocycles. The summed E-state index contributed by atoms with van der Waals surface area (Å²) in [5.41, 5.74) is 5.46. The molecule has 10 heteroatoms. The van der Waals surface area contributed by atoms with E-state index in [1.165, 1.54) is 19.9 Å². The monoisotopic (exact) mass is 617 g/mol. The zero-order valence-electron chi connectivity index (χ0n) is 25.9. The number of fused-ring (bicyclic) bond motifs is 1. The molecule has 2 aliphatic rings. The van der Waals surface area contributed by atoms with Crippen LogP contribution in [-0.4, -0.2) is 69.9 Å². The van der Waals surface area contributed by atoms with Crippen LogP contribution in [0.1, 0.15) is 31.8 Å². The van der Waals surface area contributed by atoms with E-state index in [1.807, 2.05) is 12.1 Å². The Morgan fingerprint density at radius 2 is 1.50 bits per heavy atom. The average Bonchev–Trinajstić information content (AvgIpc) is 3.41. The van der Waals surface area contributed by atoms with Crippen LogP contribution < -0.4 is 30.3 Å².